The van der Waals surface area contributed by atoms with E-state index in [9.17, 15) is 14.7 Å². The van der Waals surface area contributed by atoms with Crippen LogP contribution in [-0.2, 0) is 6.42 Å². The van der Waals surface area contributed by atoms with E-state index in [1.165, 1.54) is 6.07 Å². The molecule has 3 aromatic rings. The number of hydrogen-bond acceptors (Lipinski definition) is 4. The molecule has 1 aliphatic rings. The number of hydrogen-bond donors (Lipinski definition) is 2. The van der Waals surface area contributed by atoms with Gasteiger partial charge in [-0.05, 0) is 47.1 Å². The standard InChI is InChI=1S/C22H22N2O4/c1-22(2,3)16-9-12-11-6-5-7-23-19(11)17(28-4)10-13(12)18-14(16)8-15(21(26)27)20(25)24-18/h5-8,10,16H,9H2,1-4H3,(H,24,25)(H,26,27)/t16-/m0/s1. The summed E-state index contributed by atoms with van der Waals surface area (Å²) >= 11 is 0. The van der Waals surface area contributed by atoms with Crippen molar-refractivity contribution in [3.63, 3.8) is 0 Å². The Hall–Kier alpha value is -3.15. The first-order chi connectivity index (χ1) is 13.2. The van der Waals surface area contributed by atoms with Crippen LogP contribution in [0, 0.1) is 5.41 Å². The third kappa shape index (κ3) is 2.68. The molecule has 0 amide bonds. The summed E-state index contributed by atoms with van der Waals surface area (Å²) in [6.45, 7) is 6.38. The number of H-pyrrole nitrogens is 1. The molecule has 2 aromatic heterocycles. The summed E-state index contributed by atoms with van der Waals surface area (Å²) in [6, 6.07) is 7.33. The van der Waals surface area contributed by atoms with E-state index in [0.717, 1.165) is 34.0 Å². The molecular formula is C22H22N2O4. The molecule has 0 fully saturated rings. The van der Waals surface area contributed by atoms with Crippen LogP contribution >= 0.6 is 0 Å². The third-order valence-corrected chi connectivity index (χ3v) is 5.59. The Morgan fingerprint density at radius 1 is 1.32 bits per heavy atom. The first-order valence-electron chi connectivity index (χ1n) is 9.18. The van der Waals surface area contributed by atoms with E-state index in [1.54, 1.807) is 13.3 Å². The summed E-state index contributed by atoms with van der Waals surface area (Å²) in [5.74, 6) is -0.554. The van der Waals surface area contributed by atoms with Crippen molar-refractivity contribution in [2.75, 3.05) is 7.11 Å². The SMILES string of the molecule is COc1cc2c(c3cccnc13)C[C@H](C(C)(C)C)c1cc(C(=O)O)c(=O)[nH]c1-2. The van der Waals surface area contributed by atoms with Gasteiger partial charge < -0.3 is 14.8 Å². The third-order valence-electron chi connectivity index (χ3n) is 5.59. The van der Waals surface area contributed by atoms with Crippen molar-refractivity contribution in [3.05, 3.63) is 57.5 Å². The number of benzene rings is 1. The highest BCUT2D eigenvalue weighted by molar-refractivity contribution is 5.95. The number of aromatic carboxylic acids is 1. The zero-order chi connectivity index (χ0) is 20.2. The largest absolute Gasteiger partial charge is 0.494 e. The molecule has 6 heteroatoms. The number of nitrogens with one attached hydrogen (secondary N) is 1. The molecule has 0 saturated heterocycles. The summed E-state index contributed by atoms with van der Waals surface area (Å²) < 4.78 is 5.55. The lowest BCUT2D eigenvalue weighted by Gasteiger charge is -2.37. The molecule has 2 heterocycles. The van der Waals surface area contributed by atoms with Gasteiger partial charge in [-0.2, -0.15) is 0 Å². The lowest BCUT2D eigenvalue weighted by molar-refractivity contribution is 0.0694. The maximum Gasteiger partial charge on any atom is 0.341 e. The average molecular weight is 378 g/mol. The van der Waals surface area contributed by atoms with Crippen molar-refractivity contribution in [1.29, 1.82) is 0 Å². The van der Waals surface area contributed by atoms with Gasteiger partial charge in [0.25, 0.3) is 5.56 Å². The zero-order valence-electron chi connectivity index (χ0n) is 16.3. The van der Waals surface area contributed by atoms with Gasteiger partial charge in [0, 0.05) is 17.1 Å². The number of ether oxygens (including phenoxy) is 1. The summed E-state index contributed by atoms with van der Waals surface area (Å²) in [6.07, 6.45) is 2.46. The fourth-order valence-electron chi connectivity index (χ4n) is 4.16. The van der Waals surface area contributed by atoms with Crippen LogP contribution in [0.4, 0.5) is 0 Å². The first-order valence-corrected chi connectivity index (χ1v) is 9.18. The number of rotatable bonds is 2. The van der Waals surface area contributed by atoms with Crippen LogP contribution in [-0.4, -0.2) is 28.2 Å². The summed E-state index contributed by atoms with van der Waals surface area (Å²) in [5, 5.41) is 10.4. The predicted molar refractivity (Wildman–Crippen MR) is 107 cm³/mol. The molecule has 0 bridgehead atoms. The molecule has 0 radical (unpaired) electrons. The molecule has 4 rings (SSSR count). The van der Waals surface area contributed by atoms with Crippen molar-refractivity contribution in [1.82, 2.24) is 9.97 Å². The predicted octanol–water partition coefficient (Wildman–Crippen LogP) is 3.98. The van der Waals surface area contributed by atoms with Gasteiger partial charge >= 0.3 is 5.97 Å². The highest BCUT2D eigenvalue weighted by Gasteiger charge is 2.36. The Bertz CT molecular complexity index is 1170. The van der Waals surface area contributed by atoms with Crippen LogP contribution in [0.2, 0.25) is 0 Å². The van der Waals surface area contributed by atoms with Crippen LogP contribution in [0.1, 0.15) is 48.2 Å². The van der Waals surface area contributed by atoms with Crippen LogP contribution in [0.3, 0.4) is 0 Å². The van der Waals surface area contributed by atoms with Gasteiger partial charge in [0.2, 0.25) is 0 Å². The van der Waals surface area contributed by atoms with Crippen LogP contribution in [0.5, 0.6) is 5.75 Å². The van der Waals surface area contributed by atoms with E-state index in [4.69, 9.17) is 4.74 Å². The van der Waals surface area contributed by atoms with E-state index < -0.39 is 11.5 Å². The molecule has 0 aliphatic heterocycles. The summed E-state index contributed by atoms with van der Waals surface area (Å²) in [5.41, 5.74) is 3.29. The van der Waals surface area contributed by atoms with Crippen LogP contribution < -0.4 is 10.3 Å². The highest BCUT2D eigenvalue weighted by atomic mass is 16.5. The average Bonchev–Trinajstić information content (AvgIpc) is 2.65. The second kappa shape index (κ2) is 6.19. The molecule has 1 aliphatic carbocycles. The van der Waals surface area contributed by atoms with Gasteiger partial charge in [-0.25, -0.2) is 4.79 Å². The number of nitrogens with zero attached hydrogens (tertiary/aromatic N) is 1. The van der Waals surface area contributed by atoms with Gasteiger partial charge in [-0.3, -0.25) is 9.78 Å². The van der Waals surface area contributed by atoms with Crippen LogP contribution in [0.15, 0.2) is 35.3 Å². The molecule has 28 heavy (non-hydrogen) atoms. The monoisotopic (exact) mass is 378 g/mol. The van der Waals surface area contributed by atoms with Crippen molar-refractivity contribution in [2.45, 2.75) is 33.1 Å². The summed E-state index contributed by atoms with van der Waals surface area (Å²) in [7, 11) is 1.59. The quantitative estimate of drug-likeness (QED) is 0.704. The minimum atomic E-state index is -1.22. The molecule has 1 atom stereocenters. The molecule has 0 spiro atoms. The maximum atomic E-state index is 12.4. The van der Waals surface area contributed by atoms with Crippen molar-refractivity contribution in [2.24, 2.45) is 5.41 Å². The maximum absolute atomic E-state index is 12.4. The molecule has 0 saturated carbocycles. The second-order valence-electron chi connectivity index (χ2n) is 8.27. The number of carboxylic acids is 1. The van der Waals surface area contributed by atoms with Crippen molar-refractivity contribution in [3.8, 4) is 17.0 Å². The van der Waals surface area contributed by atoms with Gasteiger partial charge in [-0.15, -0.1) is 0 Å². The number of pyridine rings is 2. The van der Waals surface area contributed by atoms with Gasteiger partial charge in [0.15, 0.2) is 0 Å². The molecule has 0 unspecified atom stereocenters. The van der Waals surface area contributed by atoms with E-state index in [2.05, 4.69) is 30.7 Å². The number of carbonyl (C=O) groups is 1. The molecule has 1 aromatic carbocycles. The molecule has 144 valence electrons. The van der Waals surface area contributed by atoms with Crippen molar-refractivity contribution < 1.29 is 14.6 Å². The Morgan fingerprint density at radius 2 is 2.07 bits per heavy atom. The van der Waals surface area contributed by atoms with E-state index in [-0.39, 0.29) is 16.9 Å². The first kappa shape index (κ1) is 18.2. The van der Waals surface area contributed by atoms with Gasteiger partial charge in [-0.1, -0.05) is 26.8 Å². The van der Waals surface area contributed by atoms with E-state index in [0.29, 0.717) is 11.4 Å². The second-order valence-corrected chi connectivity index (χ2v) is 8.27. The Labute approximate surface area is 162 Å². The number of aromatic nitrogens is 2. The lowest BCUT2D eigenvalue weighted by atomic mass is 9.68. The fourth-order valence-corrected chi connectivity index (χ4v) is 4.16. The van der Waals surface area contributed by atoms with E-state index >= 15 is 0 Å². The molecular weight excluding hydrogens is 356 g/mol. The summed E-state index contributed by atoms with van der Waals surface area (Å²) in [4.78, 5) is 31.3. The number of methoxy groups -OCH3 is 1. The topological polar surface area (TPSA) is 92.3 Å². The zero-order valence-corrected chi connectivity index (χ0v) is 16.3. The number of carboxylic acid groups (broad SMARTS) is 1. The minimum absolute atomic E-state index is 0.0433. The highest BCUT2D eigenvalue weighted by Crippen LogP contribution is 2.49. The van der Waals surface area contributed by atoms with E-state index in [1.807, 2.05) is 18.2 Å². The van der Waals surface area contributed by atoms with Gasteiger partial charge in [0.05, 0.1) is 12.8 Å². The van der Waals surface area contributed by atoms with Crippen molar-refractivity contribution >= 4 is 16.9 Å². The Balaban J connectivity index is 2.12. The minimum Gasteiger partial charge on any atom is -0.494 e. The van der Waals surface area contributed by atoms with Gasteiger partial charge in [0.1, 0.15) is 16.8 Å². The smallest absolute Gasteiger partial charge is 0.341 e. The van der Waals surface area contributed by atoms with Crippen LogP contribution in [0.25, 0.3) is 22.2 Å². The number of aromatic amines is 1. The Kier molecular flexibility index (Phi) is 4.03. The fraction of sp³-hybridized carbons (Fsp3) is 0.318. The number of fused-ring (bicyclic) bond motifs is 5. The Morgan fingerprint density at radius 3 is 2.71 bits per heavy atom. The molecule has 6 nitrogen and oxygen atoms in total. The lowest BCUT2D eigenvalue weighted by Crippen LogP contribution is -2.28. The molecule has 2 N–H and O–H groups in total. The normalized spacial score (nSPS) is 15.8.